The Labute approximate surface area is 340 Å². The van der Waals surface area contributed by atoms with Gasteiger partial charge >= 0.3 is 0 Å². The highest BCUT2D eigenvalue weighted by Crippen LogP contribution is 2.38. The minimum Gasteiger partial charge on any atom is -0.508 e. The predicted octanol–water partition coefficient (Wildman–Crippen LogP) is 6.12. The van der Waals surface area contributed by atoms with Crippen molar-refractivity contribution in [2.45, 2.75) is 62.7 Å². The number of nitrogens with zero attached hydrogens (tertiary/aromatic N) is 5. The van der Waals surface area contributed by atoms with E-state index in [1.54, 1.807) is 66.5 Å². The molecule has 4 aromatic carbocycles. The second kappa shape index (κ2) is 15.8. The SMILES string of the molecule is CN(C(=O)c1cc(-c2cc3c(cc2C(=O)N2Cc4ccccc4C[C@H]2CN2CCOCC2)CN(S(=O)(=O)c2ccccc2)CC3)n2c1CCCC2)c1ccc(O)cc1. The normalized spacial score (nSPS) is 18.6. The molecule has 58 heavy (non-hydrogen) atoms. The Morgan fingerprint density at radius 2 is 1.52 bits per heavy atom. The molecule has 1 aromatic heterocycles. The van der Waals surface area contributed by atoms with Crippen LogP contribution in [0.1, 0.15) is 61.5 Å². The number of hydrogen-bond donors (Lipinski definition) is 1. The Hall–Kier alpha value is -5.27. The average Bonchev–Trinajstić information content (AvgIpc) is 3.65. The first kappa shape index (κ1) is 38.3. The van der Waals surface area contributed by atoms with Gasteiger partial charge < -0.3 is 24.2 Å². The molecule has 5 heterocycles. The van der Waals surface area contributed by atoms with Crippen LogP contribution in [-0.2, 0) is 53.7 Å². The Morgan fingerprint density at radius 1 is 0.776 bits per heavy atom. The summed E-state index contributed by atoms with van der Waals surface area (Å²) in [5.74, 6) is -0.134. The molecular weight excluding hydrogens is 751 g/mol. The zero-order valence-electron chi connectivity index (χ0n) is 32.8. The number of aromatic nitrogens is 1. The minimum atomic E-state index is -3.77. The van der Waals surface area contributed by atoms with E-state index >= 15 is 4.79 Å². The van der Waals surface area contributed by atoms with E-state index in [4.69, 9.17) is 4.74 Å². The van der Waals surface area contributed by atoms with Gasteiger partial charge in [-0.25, -0.2) is 8.42 Å². The first-order valence-electron chi connectivity index (χ1n) is 20.3. The van der Waals surface area contributed by atoms with Crippen LogP contribution >= 0.6 is 0 Å². The second-order valence-electron chi connectivity index (χ2n) is 15.9. The van der Waals surface area contributed by atoms with Gasteiger partial charge in [0.15, 0.2) is 0 Å². The molecule has 300 valence electrons. The molecule has 1 fully saturated rings. The number of carbonyl (C=O) groups excluding carboxylic acids is 2. The number of amides is 2. The van der Waals surface area contributed by atoms with Gasteiger partial charge in [0.1, 0.15) is 5.75 Å². The van der Waals surface area contributed by atoms with Crippen molar-refractivity contribution in [2.24, 2.45) is 0 Å². The molecule has 5 aromatic rings. The Balaban J connectivity index is 1.16. The number of fused-ring (bicyclic) bond motifs is 3. The first-order valence-corrected chi connectivity index (χ1v) is 21.8. The molecule has 0 saturated carbocycles. The van der Waals surface area contributed by atoms with Crippen molar-refractivity contribution in [1.82, 2.24) is 18.7 Å². The fourth-order valence-electron chi connectivity index (χ4n) is 9.20. The predicted molar refractivity (Wildman–Crippen MR) is 222 cm³/mol. The molecule has 0 bridgehead atoms. The van der Waals surface area contributed by atoms with Gasteiger partial charge in [-0.1, -0.05) is 42.5 Å². The smallest absolute Gasteiger partial charge is 0.259 e. The minimum absolute atomic E-state index is 0.0864. The van der Waals surface area contributed by atoms with Crippen molar-refractivity contribution >= 4 is 27.5 Å². The van der Waals surface area contributed by atoms with Crippen LogP contribution < -0.4 is 4.90 Å². The summed E-state index contributed by atoms with van der Waals surface area (Å²) in [4.78, 5) is 36.1. The van der Waals surface area contributed by atoms with Crippen LogP contribution in [0.15, 0.2) is 102 Å². The number of morpholine rings is 1. The molecule has 2 amide bonds. The third-order valence-electron chi connectivity index (χ3n) is 12.4. The third-order valence-corrected chi connectivity index (χ3v) is 14.3. The van der Waals surface area contributed by atoms with Crippen LogP contribution in [-0.4, -0.2) is 96.5 Å². The zero-order chi connectivity index (χ0) is 40.0. The van der Waals surface area contributed by atoms with Crippen molar-refractivity contribution < 1.29 is 27.9 Å². The number of phenolic OH excluding ortho intramolecular Hbond substituents is 1. The molecule has 0 unspecified atom stereocenters. The standard InChI is InChI=1S/C46H49N5O6S/c1-47(36-14-16-38(52)17-15-36)45(53)42-28-44(50-19-8-7-13-43(42)50)40-26-33-18-20-49(58(55,56)39-11-3-2-4-12-39)29-35(33)27-41(40)46(54)51-30-34-10-6-5-9-32(34)25-37(51)31-48-21-23-57-24-22-48/h2-6,9-12,14-17,26-28,37,52H,7-8,13,18-25,29-31H2,1H3/t37-/m0/s1. The topological polar surface area (TPSA) is 116 Å². The molecule has 12 heteroatoms. The second-order valence-corrected chi connectivity index (χ2v) is 17.9. The van der Waals surface area contributed by atoms with Crippen LogP contribution in [0.5, 0.6) is 5.75 Å². The van der Waals surface area contributed by atoms with E-state index in [2.05, 4.69) is 33.7 Å². The van der Waals surface area contributed by atoms with Gasteiger partial charge in [-0.3, -0.25) is 14.5 Å². The Bertz CT molecular complexity index is 2460. The highest BCUT2D eigenvalue weighted by molar-refractivity contribution is 7.89. The number of sulfonamides is 1. The summed E-state index contributed by atoms with van der Waals surface area (Å²) in [6, 6.07) is 29.4. The average molecular weight is 800 g/mol. The number of benzene rings is 4. The van der Waals surface area contributed by atoms with E-state index in [9.17, 15) is 18.3 Å². The molecule has 0 aliphatic carbocycles. The van der Waals surface area contributed by atoms with E-state index in [-0.39, 0.29) is 35.0 Å². The lowest BCUT2D eigenvalue weighted by molar-refractivity contribution is 0.0193. The fraction of sp³-hybridized carbons (Fsp3) is 0.348. The van der Waals surface area contributed by atoms with E-state index in [1.165, 1.54) is 9.87 Å². The highest BCUT2D eigenvalue weighted by atomic mass is 32.2. The summed E-state index contributed by atoms with van der Waals surface area (Å²) >= 11 is 0. The number of aromatic hydroxyl groups is 1. The molecular formula is C46H49N5O6S. The quantitative estimate of drug-likeness (QED) is 0.201. The molecule has 1 N–H and O–H groups in total. The maximum Gasteiger partial charge on any atom is 0.259 e. The van der Waals surface area contributed by atoms with Gasteiger partial charge in [0.05, 0.1) is 23.7 Å². The van der Waals surface area contributed by atoms with Crippen LogP contribution in [0.3, 0.4) is 0 Å². The monoisotopic (exact) mass is 799 g/mol. The number of carbonyl (C=O) groups is 2. The molecule has 11 nitrogen and oxygen atoms in total. The van der Waals surface area contributed by atoms with E-state index in [0.29, 0.717) is 56.1 Å². The van der Waals surface area contributed by atoms with Crippen molar-refractivity contribution in [3.8, 4) is 17.0 Å². The summed E-state index contributed by atoms with van der Waals surface area (Å²) in [5, 5.41) is 9.91. The molecule has 1 saturated heterocycles. The van der Waals surface area contributed by atoms with Gasteiger partial charge in [0.2, 0.25) is 10.0 Å². The van der Waals surface area contributed by atoms with Crippen molar-refractivity contribution in [3.63, 3.8) is 0 Å². The third kappa shape index (κ3) is 7.23. The molecule has 0 radical (unpaired) electrons. The van der Waals surface area contributed by atoms with E-state index < -0.39 is 10.0 Å². The summed E-state index contributed by atoms with van der Waals surface area (Å²) in [6.07, 6.45) is 3.84. The lowest BCUT2D eigenvalue weighted by atomic mass is 9.89. The van der Waals surface area contributed by atoms with Crippen LogP contribution in [0.4, 0.5) is 5.69 Å². The molecule has 1 atom stereocenters. The van der Waals surface area contributed by atoms with Gasteiger partial charge in [0.25, 0.3) is 11.8 Å². The first-order chi connectivity index (χ1) is 28.2. The Kier molecular flexibility index (Phi) is 10.4. The lowest BCUT2D eigenvalue weighted by Crippen LogP contribution is -2.52. The maximum absolute atomic E-state index is 15.5. The number of hydrogen-bond acceptors (Lipinski definition) is 7. The van der Waals surface area contributed by atoms with Crippen molar-refractivity contribution in [1.29, 1.82) is 0 Å². The number of anilines is 1. The fourth-order valence-corrected chi connectivity index (χ4v) is 10.6. The van der Waals surface area contributed by atoms with Crippen molar-refractivity contribution in [3.05, 3.63) is 136 Å². The van der Waals surface area contributed by atoms with Crippen LogP contribution in [0.25, 0.3) is 11.3 Å². The largest absolute Gasteiger partial charge is 0.508 e. The summed E-state index contributed by atoms with van der Waals surface area (Å²) in [6.45, 7) is 5.30. The molecule has 4 aliphatic heterocycles. The maximum atomic E-state index is 15.5. The van der Waals surface area contributed by atoms with Gasteiger partial charge in [-0.05, 0) is 109 Å². The molecule has 0 spiro atoms. The van der Waals surface area contributed by atoms with E-state index in [0.717, 1.165) is 79.0 Å². The highest BCUT2D eigenvalue weighted by Gasteiger charge is 2.36. The van der Waals surface area contributed by atoms with Crippen molar-refractivity contribution in [2.75, 3.05) is 51.3 Å². The Morgan fingerprint density at radius 3 is 2.29 bits per heavy atom. The van der Waals surface area contributed by atoms with Gasteiger partial charge in [-0.2, -0.15) is 4.31 Å². The number of phenols is 1. The van der Waals surface area contributed by atoms with E-state index in [1.807, 2.05) is 23.1 Å². The summed E-state index contributed by atoms with van der Waals surface area (Å²) in [5.41, 5.74) is 8.50. The number of ether oxygens (including phenoxy) is 1. The summed E-state index contributed by atoms with van der Waals surface area (Å²) < 4.78 is 37.2. The number of rotatable bonds is 8. The molecule has 4 aliphatic rings. The van der Waals surface area contributed by atoms with Gasteiger partial charge in [-0.15, -0.1) is 0 Å². The summed E-state index contributed by atoms with van der Waals surface area (Å²) in [7, 11) is -2.03. The molecule has 9 rings (SSSR count). The zero-order valence-corrected chi connectivity index (χ0v) is 33.7. The van der Waals surface area contributed by atoms with Gasteiger partial charge in [0, 0.05) is 87.1 Å². The lowest BCUT2D eigenvalue weighted by Gasteiger charge is -2.41. The van der Waals surface area contributed by atoms with Crippen LogP contribution in [0, 0.1) is 0 Å². The van der Waals surface area contributed by atoms with Crippen LogP contribution in [0.2, 0.25) is 0 Å².